The number of hydrogen-bond donors (Lipinski definition) is 1. The first-order valence-electron chi connectivity index (χ1n) is 7.28. The van der Waals surface area contributed by atoms with Gasteiger partial charge in [0.1, 0.15) is 0 Å². The molecule has 0 radical (unpaired) electrons. The zero-order chi connectivity index (χ0) is 15.7. The Balaban J connectivity index is 1.56. The fourth-order valence-electron chi connectivity index (χ4n) is 2.90. The van der Waals surface area contributed by atoms with Crippen LogP contribution in [-0.4, -0.2) is 34.2 Å². The molecule has 0 unspecified atom stereocenters. The molecule has 116 valence electrons. The van der Waals surface area contributed by atoms with Crippen LogP contribution < -0.4 is 5.32 Å². The van der Waals surface area contributed by atoms with Gasteiger partial charge in [-0.1, -0.05) is 12.2 Å². The van der Waals surface area contributed by atoms with E-state index in [2.05, 4.69) is 10.3 Å². The molecule has 1 aliphatic heterocycles. The number of fused-ring (bicyclic) bond motifs is 1. The van der Waals surface area contributed by atoms with Crippen LogP contribution in [0.15, 0.2) is 17.5 Å². The number of thiazole rings is 1. The van der Waals surface area contributed by atoms with Crippen LogP contribution in [-0.2, 0) is 14.4 Å². The molecule has 3 amide bonds. The summed E-state index contributed by atoms with van der Waals surface area (Å²) in [6.45, 7) is 1.99. The van der Waals surface area contributed by atoms with E-state index in [0.717, 1.165) is 5.69 Å². The molecule has 1 aromatic rings. The van der Waals surface area contributed by atoms with Gasteiger partial charge in [0, 0.05) is 18.3 Å². The summed E-state index contributed by atoms with van der Waals surface area (Å²) in [4.78, 5) is 41.8. The summed E-state index contributed by atoms with van der Waals surface area (Å²) in [5, 5.41) is 5.08. The van der Waals surface area contributed by atoms with Gasteiger partial charge < -0.3 is 5.32 Å². The van der Waals surface area contributed by atoms with Crippen LogP contribution in [0.3, 0.4) is 0 Å². The number of nitrogens with zero attached hydrogens (tertiary/aromatic N) is 2. The van der Waals surface area contributed by atoms with Crippen LogP contribution in [0.1, 0.15) is 25.0 Å². The lowest BCUT2D eigenvalue weighted by molar-refractivity contribution is -0.140. The number of carbonyl (C=O) groups excluding carboxylic acids is 3. The smallest absolute Gasteiger partial charge is 0.233 e. The summed E-state index contributed by atoms with van der Waals surface area (Å²) in [5.41, 5.74) is 0.849. The number of anilines is 1. The van der Waals surface area contributed by atoms with Crippen molar-refractivity contribution in [2.75, 3.05) is 11.9 Å². The van der Waals surface area contributed by atoms with E-state index in [1.165, 1.54) is 16.2 Å². The number of likely N-dealkylation sites (tertiary alicyclic amines) is 1. The van der Waals surface area contributed by atoms with Gasteiger partial charge in [0.05, 0.1) is 17.5 Å². The Hall–Kier alpha value is -2.02. The summed E-state index contributed by atoms with van der Waals surface area (Å²) in [6, 6.07) is 0. The number of hydrogen-bond acceptors (Lipinski definition) is 5. The Morgan fingerprint density at radius 2 is 1.95 bits per heavy atom. The SMILES string of the molecule is Cc1csc(NC(=O)CCN2C(=O)[C@H]3CC=CC[C@H]3C2=O)n1. The first-order valence-corrected chi connectivity index (χ1v) is 8.16. The second-order valence-corrected chi connectivity index (χ2v) is 6.43. The van der Waals surface area contributed by atoms with Crippen molar-refractivity contribution >= 4 is 34.2 Å². The van der Waals surface area contributed by atoms with Gasteiger partial charge in [-0.2, -0.15) is 0 Å². The minimum Gasteiger partial charge on any atom is -0.302 e. The molecule has 1 saturated heterocycles. The van der Waals surface area contributed by atoms with E-state index in [-0.39, 0.29) is 42.5 Å². The van der Waals surface area contributed by atoms with Gasteiger partial charge in [-0.25, -0.2) is 4.98 Å². The van der Waals surface area contributed by atoms with E-state index in [1.54, 1.807) is 0 Å². The molecular formula is C15H17N3O3S. The number of aryl methyl sites for hydroxylation is 1. The molecule has 2 atom stereocenters. The average Bonchev–Trinajstić information content (AvgIpc) is 3.01. The van der Waals surface area contributed by atoms with E-state index in [4.69, 9.17) is 0 Å². The molecule has 0 aromatic carbocycles. The molecule has 1 N–H and O–H groups in total. The highest BCUT2D eigenvalue weighted by atomic mass is 32.1. The minimum atomic E-state index is -0.234. The fraction of sp³-hybridized carbons (Fsp3) is 0.467. The van der Waals surface area contributed by atoms with Crippen molar-refractivity contribution < 1.29 is 14.4 Å². The standard InChI is InChI=1S/C15H17N3O3S/c1-9-8-22-15(16-9)17-12(19)6-7-18-13(20)10-4-2-3-5-11(10)14(18)21/h2-3,8,10-11H,4-7H2,1H3,(H,16,17,19)/t10-,11+. The van der Waals surface area contributed by atoms with Crippen molar-refractivity contribution in [3.63, 3.8) is 0 Å². The maximum atomic E-state index is 12.3. The lowest BCUT2D eigenvalue weighted by atomic mass is 9.85. The van der Waals surface area contributed by atoms with Gasteiger partial charge in [-0.3, -0.25) is 19.3 Å². The summed E-state index contributed by atoms with van der Waals surface area (Å²) < 4.78 is 0. The van der Waals surface area contributed by atoms with Gasteiger partial charge in [0.15, 0.2) is 5.13 Å². The van der Waals surface area contributed by atoms with Crippen molar-refractivity contribution in [3.05, 3.63) is 23.2 Å². The van der Waals surface area contributed by atoms with Crippen molar-refractivity contribution in [1.82, 2.24) is 9.88 Å². The van der Waals surface area contributed by atoms with E-state index < -0.39 is 0 Å². The van der Waals surface area contributed by atoms with Crippen LogP contribution in [0.25, 0.3) is 0 Å². The Morgan fingerprint density at radius 3 is 2.50 bits per heavy atom. The number of imide groups is 1. The zero-order valence-electron chi connectivity index (χ0n) is 12.2. The van der Waals surface area contributed by atoms with Crippen molar-refractivity contribution in [3.8, 4) is 0 Å². The monoisotopic (exact) mass is 319 g/mol. The summed E-state index contributed by atoms with van der Waals surface area (Å²) in [7, 11) is 0. The first-order chi connectivity index (χ1) is 10.6. The van der Waals surface area contributed by atoms with Crippen LogP contribution >= 0.6 is 11.3 Å². The molecule has 1 aromatic heterocycles. The highest BCUT2D eigenvalue weighted by molar-refractivity contribution is 7.13. The van der Waals surface area contributed by atoms with Crippen LogP contribution in [0.5, 0.6) is 0 Å². The van der Waals surface area contributed by atoms with Crippen LogP contribution in [0.4, 0.5) is 5.13 Å². The molecule has 0 spiro atoms. The van der Waals surface area contributed by atoms with Gasteiger partial charge in [-0.05, 0) is 19.8 Å². The second-order valence-electron chi connectivity index (χ2n) is 5.58. The zero-order valence-corrected chi connectivity index (χ0v) is 13.1. The molecule has 22 heavy (non-hydrogen) atoms. The third kappa shape index (κ3) is 2.81. The van der Waals surface area contributed by atoms with Crippen molar-refractivity contribution in [2.45, 2.75) is 26.2 Å². The van der Waals surface area contributed by atoms with Crippen LogP contribution in [0.2, 0.25) is 0 Å². The molecule has 1 aliphatic carbocycles. The number of carbonyl (C=O) groups is 3. The molecule has 3 rings (SSSR count). The fourth-order valence-corrected chi connectivity index (χ4v) is 3.60. The molecule has 7 heteroatoms. The average molecular weight is 319 g/mol. The third-order valence-corrected chi connectivity index (χ3v) is 4.90. The predicted molar refractivity (Wildman–Crippen MR) is 82.2 cm³/mol. The third-order valence-electron chi connectivity index (χ3n) is 4.03. The minimum absolute atomic E-state index is 0.100. The lowest BCUT2D eigenvalue weighted by Gasteiger charge is -2.14. The van der Waals surface area contributed by atoms with E-state index in [0.29, 0.717) is 18.0 Å². The van der Waals surface area contributed by atoms with Crippen molar-refractivity contribution in [1.29, 1.82) is 0 Å². The number of nitrogens with one attached hydrogen (secondary N) is 1. The molecule has 1 fully saturated rings. The predicted octanol–water partition coefficient (Wildman–Crippen LogP) is 1.73. The van der Waals surface area contributed by atoms with Gasteiger partial charge in [0.25, 0.3) is 0 Å². The van der Waals surface area contributed by atoms with Gasteiger partial charge >= 0.3 is 0 Å². The van der Waals surface area contributed by atoms with Crippen LogP contribution in [0, 0.1) is 18.8 Å². The maximum absolute atomic E-state index is 12.3. The van der Waals surface area contributed by atoms with Gasteiger partial charge in [-0.15, -0.1) is 11.3 Å². The second kappa shape index (κ2) is 6.00. The Morgan fingerprint density at radius 1 is 1.32 bits per heavy atom. The highest BCUT2D eigenvalue weighted by Gasteiger charge is 2.46. The molecule has 0 saturated carbocycles. The first kappa shape index (κ1) is 14.9. The van der Waals surface area contributed by atoms with E-state index in [1.807, 2.05) is 24.5 Å². The molecule has 2 aliphatic rings. The number of rotatable bonds is 4. The largest absolute Gasteiger partial charge is 0.302 e. The Kier molecular flexibility index (Phi) is 4.06. The topological polar surface area (TPSA) is 79.4 Å². The quantitative estimate of drug-likeness (QED) is 0.677. The summed E-state index contributed by atoms with van der Waals surface area (Å²) in [6.07, 6.45) is 5.25. The molecule has 6 nitrogen and oxygen atoms in total. The molecule has 0 bridgehead atoms. The van der Waals surface area contributed by atoms with E-state index >= 15 is 0 Å². The summed E-state index contributed by atoms with van der Waals surface area (Å²) in [5.74, 6) is -0.984. The highest BCUT2D eigenvalue weighted by Crippen LogP contribution is 2.35. The van der Waals surface area contributed by atoms with Crippen molar-refractivity contribution in [2.24, 2.45) is 11.8 Å². The maximum Gasteiger partial charge on any atom is 0.233 e. The Labute approximate surface area is 132 Å². The normalized spacial score (nSPS) is 23.8. The lowest BCUT2D eigenvalue weighted by Crippen LogP contribution is -2.34. The number of amides is 3. The molecular weight excluding hydrogens is 302 g/mol. The molecule has 2 heterocycles. The Bertz CT molecular complexity index is 626. The van der Waals surface area contributed by atoms with Gasteiger partial charge in [0.2, 0.25) is 17.7 Å². The number of aromatic nitrogens is 1. The van der Waals surface area contributed by atoms with E-state index in [9.17, 15) is 14.4 Å². The number of allylic oxidation sites excluding steroid dienone is 2. The summed E-state index contributed by atoms with van der Waals surface area (Å²) >= 11 is 1.35.